The first-order valence-corrected chi connectivity index (χ1v) is 7.72. The molecule has 1 aliphatic carbocycles. The van der Waals surface area contributed by atoms with Gasteiger partial charge in [-0.15, -0.1) is 0 Å². The Bertz CT molecular complexity index is 388. The van der Waals surface area contributed by atoms with E-state index in [0.717, 1.165) is 31.3 Å². The topological polar surface area (TPSA) is 53.1 Å². The molecule has 1 heterocycles. The molecule has 0 aromatic carbocycles. The maximum atomic E-state index is 4.54. The highest BCUT2D eigenvalue weighted by molar-refractivity contribution is 5.39. The summed E-state index contributed by atoms with van der Waals surface area (Å²) in [5.41, 5.74) is 0. The molecule has 112 valence electrons. The van der Waals surface area contributed by atoms with E-state index in [0.29, 0.717) is 6.04 Å². The van der Waals surface area contributed by atoms with Gasteiger partial charge in [0.25, 0.3) is 0 Å². The van der Waals surface area contributed by atoms with E-state index in [-0.39, 0.29) is 0 Å². The van der Waals surface area contributed by atoms with E-state index in [9.17, 15) is 0 Å². The zero-order valence-electron chi connectivity index (χ0n) is 12.7. The molecule has 20 heavy (non-hydrogen) atoms. The maximum absolute atomic E-state index is 4.54. The highest BCUT2D eigenvalue weighted by Gasteiger charge is 2.13. The number of rotatable bonds is 7. The van der Waals surface area contributed by atoms with Gasteiger partial charge in [-0.3, -0.25) is 0 Å². The molecule has 5 nitrogen and oxygen atoms in total. The first kappa shape index (κ1) is 15.0. The molecular formula is C15H27N5. The molecule has 1 aromatic rings. The van der Waals surface area contributed by atoms with Gasteiger partial charge in [-0.25, -0.2) is 4.98 Å². The second-order valence-electron chi connectivity index (χ2n) is 5.83. The quantitative estimate of drug-likeness (QED) is 0.750. The van der Waals surface area contributed by atoms with Gasteiger partial charge in [0, 0.05) is 18.8 Å². The largest absolute Gasteiger partial charge is 0.370 e. The minimum absolute atomic E-state index is 0.549. The van der Waals surface area contributed by atoms with Gasteiger partial charge < -0.3 is 15.5 Å². The summed E-state index contributed by atoms with van der Waals surface area (Å²) >= 11 is 0. The van der Waals surface area contributed by atoms with Crippen molar-refractivity contribution in [3.8, 4) is 0 Å². The lowest BCUT2D eigenvalue weighted by molar-refractivity contribution is 0.405. The summed E-state index contributed by atoms with van der Waals surface area (Å²) in [6.45, 7) is 2.03. The summed E-state index contributed by atoms with van der Waals surface area (Å²) in [6.07, 6.45) is 9.43. The van der Waals surface area contributed by atoms with E-state index in [1.807, 2.05) is 12.3 Å². The predicted molar refractivity (Wildman–Crippen MR) is 84.2 cm³/mol. The van der Waals surface area contributed by atoms with Crippen LogP contribution in [0.1, 0.15) is 38.5 Å². The molecular weight excluding hydrogens is 250 g/mol. The Labute approximate surface area is 122 Å². The van der Waals surface area contributed by atoms with Gasteiger partial charge in [-0.2, -0.15) is 4.98 Å². The van der Waals surface area contributed by atoms with Crippen LogP contribution in [0.5, 0.6) is 0 Å². The highest BCUT2D eigenvalue weighted by atomic mass is 15.1. The number of nitrogens with zero attached hydrogens (tertiary/aromatic N) is 3. The normalized spacial score (nSPS) is 16.4. The van der Waals surface area contributed by atoms with Crippen LogP contribution < -0.4 is 10.6 Å². The fourth-order valence-corrected chi connectivity index (χ4v) is 2.57. The molecule has 0 aliphatic heterocycles. The van der Waals surface area contributed by atoms with E-state index >= 15 is 0 Å². The molecule has 0 saturated heterocycles. The molecule has 1 aliphatic rings. The molecule has 0 atom stereocenters. The van der Waals surface area contributed by atoms with Gasteiger partial charge in [0.15, 0.2) is 0 Å². The summed E-state index contributed by atoms with van der Waals surface area (Å²) in [7, 11) is 4.19. The monoisotopic (exact) mass is 277 g/mol. The second-order valence-corrected chi connectivity index (χ2v) is 5.83. The smallest absolute Gasteiger partial charge is 0.224 e. The van der Waals surface area contributed by atoms with Gasteiger partial charge in [-0.1, -0.05) is 19.3 Å². The minimum atomic E-state index is 0.549. The highest BCUT2D eigenvalue weighted by Crippen LogP contribution is 2.20. The number of hydrogen-bond donors (Lipinski definition) is 2. The van der Waals surface area contributed by atoms with Crippen LogP contribution in [-0.4, -0.2) is 48.1 Å². The maximum Gasteiger partial charge on any atom is 0.224 e. The lowest BCUT2D eigenvalue weighted by Gasteiger charge is -2.22. The zero-order valence-corrected chi connectivity index (χ0v) is 12.7. The van der Waals surface area contributed by atoms with Crippen molar-refractivity contribution in [3.05, 3.63) is 12.3 Å². The van der Waals surface area contributed by atoms with Crippen LogP contribution in [0.2, 0.25) is 0 Å². The average Bonchev–Trinajstić information content (AvgIpc) is 2.45. The Kier molecular flexibility index (Phi) is 6.05. The van der Waals surface area contributed by atoms with Crippen molar-refractivity contribution < 1.29 is 0 Å². The average molecular weight is 277 g/mol. The van der Waals surface area contributed by atoms with Crippen molar-refractivity contribution in [3.63, 3.8) is 0 Å². The van der Waals surface area contributed by atoms with Crippen LogP contribution in [0.3, 0.4) is 0 Å². The molecule has 0 amide bonds. The lowest BCUT2D eigenvalue weighted by Crippen LogP contribution is -2.23. The van der Waals surface area contributed by atoms with E-state index in [1.165, 1.54) is 32.1 Å². The third-order valence-electron chi connectivity index (χ3n) is 3.68. The van der Waals surface area contributed by atoms with Crippen molar-refractivity contribution >= 4 is 11.8 Å². The lowest BCUT2D eigenvalue weighted by atomic mass is 9.96. The number of nitrogens with one attached hydrogen (secondary N) is 2. The minimum Gasteiger partial charge on any atom is -0.370 e. The molecule has 0 radical (unpaired) electrons. The molecule has 0 spiro atoms. The number of aromatic nitrogens is 2. The second kappa shape index (κ2) is 8.04. The van der Waals surface area contributed by atoms with Gasteiger partial charge in [0.05, 0.1) is 0 Å². The standard InChI is InChI=1S/C15H27N5/c1-20(2)12-6-10-16-14-9-11-17-15(19-14)18-13-7-4-3-5-8-13/h9,11,13H,3-8,10,12H2,1-2H3,(H2,16,17,18,19). The SMILES string of the molecule is CN(C)CCCNc1ccnc(NC2CCCCC2)n1. The fourth-order valence-electron chi connectivity index (χ4n) is 2.57. The van der Waals surface area contributed by atoms with Crippen molar-refractivity contribution in [1.82, 2.24) is 14.9 Å². The van der Waals surface area contributed by atoms with E-state index in [4.69, 9.17) is 0 Å². The molecule has 0 unspecified atom stereocenters. The fraction of sp³-hybridized carbons (Fsp3) is 0.733. The van der Waals surface area contributed by atoms with Crippen LogP contribution in [0, 0.1) is 0 Å². The van der Waals surface area contributed by atoms with Crippen LogP contribution in [0.25, 0.3) is 0 Å². The molecule has 5 heteroatoms. The van der Waals surface area contributed by atoms with E-state index in [2.05, 4.69) is 39.6 Å². The van der Waals surface area contributed by atoms with E-state index in [1.54, 1.807) is 0 Å². The Morgan fingerprint density at radius 3 is 2.80 bits per heavy atom. The van der Waals surface area contributed by atoms with Gasteiger partial charge in [-0.05, 0) is 46.0 Å². The van der Waals surface area contributed by atoms with E-state index < -0.39 is 0 Å². The van der Waals surface area contributed by atoms with Gasteiger partial charge in [0.1, 0.15) is 5.82 Å². The molecule has 2 N–H and O–H groups in total. The van der Waals surface area contributed by atoms with Crippen molar-refractivity contribution in [2.24, 2.45) is 0 Å². The van der Waals surface area contributed by atoms with Crippen molar-refractivity contribution in [2.75, 3.05) is 37.8 Å². The Morgan fingerprint density at radius 1 is 1.25 bits per heavy atom. The van der Waals surface area contributed by atoms with Crippen LogP contribution >= 0.6 is 0 Å². The molecule has 1 aromatic heterocycles. The number of hydrogen-bond acceptors (Lipinski definition) is 5. The third-order valence-corrected chi connectivity index (χ3v) is 3.68. The molecule has 1 saturated carbocycles. The summed E-state index contributed by atoms with van der Waals surface area (Å²) < 4.78 is 0. The summed E-state index contributed by atoms with van der Waals surface area (Å²) in [5.74, 6) is 1.67. The number of anilines is 2. The predicted octanol–water partition coefficient (Wildman–Crippen LogP) is 2.58. The molecule has 0 bridgehead atoms. The first-order chi connectivity index (χ1) is 9.74. The van der Waals surface area contributed by atoms with Crippen molar-refractivity contribution in [1.29, 1.82) is 0 Å². The zero-order chi connectivity index (χ0) is 14.2. The van der Waals surface area contributed by atoms with Crippen LogP contribution in [0.4, 0.5) is 11.8 Å². The molecule has 1 fully saturated rings. The Hall–Kier alpha value is -1.36. The first-order valence-electron chi connectivity index (χ1n) is 7.72. The van der Waals surface area contributed by atoms with Crippen molar-refractivity contribution in [2.45, 2.75) is 44.6 Å². The molecule has 2 rings (SSSR count). The summed E-state index contributed by atoms with van der Waals surface area (Å²) in [6, 6.07) is 2.48. The third kappa shape index (κ3) is 5.33. The van der Waals surface area contributed by atoms with Crippen LogP contribution in [0.15, 0.2) is 12.3 Å². The Balaban J connectivity index is 1.78. The van der Waals surface area contributed by atoms with Gasteiger partial charge >= 0.3 is 0 Å². The Morgan fingerprint density at radius 2 is 2.05 bits per heavy atom. The summed E-state index contributed by atoms with van der Waals surface area (Å²) in [4.78, 5) is 11.0. The van der Waals surface area contributed by atoms with Crippen LogP contribution in [-0.2, 0) is 0 Å². The summed E-state index contributed by atoms with van der Waals surface area (Å²) in [5, 5.41) is 6.82. The van der Waals surface area contributed by atoms with Gasteiger partial charge in [0.2, 0.25) is 5.95 Å².